The summed E-state index contributed by atoms with van der Waals surface area (Å²) in [4.78, 5) is 12.1. The van der Waals surface area contributed by atoms with Crippen LogP contribution in [0.4, 0.5) is 0 Å². The molecule has 0 fully saturated rings. The van der Waals surface area contributed by atoms with Gasteiger partial charge >= 0.3 is 0 Å². The molecule has 0 radical (unpaired) electrons. The number of benzene rings is 1. The van der Waals surface area contributed by atoms with Crippen molar-refractivity contribution in [2.24, 2.45) is 5.92 Å². The quantitative estimate of drug-likeness (QED) is 0.867. The maximum absolute atomic E-state index is 12.1. The number of carbonyl (C=O) groups is 1. The van der Waals surface area contributed by atoms with Crippen LogP contribution >= 0.6 is 0 Å². The minimum absolute atomic E-state index is 0.0552. The number of rotatable bonds is 6. The lowest BCUT2D eigenvalue weighted by molar-refractivity contribution is 0.0937. The Balaban J connectivity index is 1.85. The molecule has 0 saturated heterocycles. The molecule has 1 aromatic rings. The van der Waals surface area contributed by atoms with Gasteiger partial charge in [-0.25, -0.2) is 0 Å². The molecule has 0 bridgehead atoms. The topological polar surface area (TPSA) is 47.6 Å². The van der Waals surface area contributed by atoms with Crippen LogP contribution in [0.5, 0.6) is 11.5 Å². The number of hydrogen-bond acceptors (Lipinski definition) is 3. The molecule has 110 valence electrons. The Hall–Kier alpha value is -1.71. The van der Waals surface area contributed by atoms with E-state index < -0.39 is 0 Å². The fourth-order valence-electron chi connectivity index (χ4n) is 2.25. The number of fused-ring (bicyclic) bond motifs is 1. The van der Waals surface area contributed by atoms with Crippen molar-refractivity contribution in [1.82, 2.24) is 5.32 Å². The highest BCUT2D eigenvalue weighted by molar-refractivity contribution is 5.95. The van der Waals surface area contributed by atoms with Crippen LogP contribution in [0.3, 0.4) is 0 Å². The molecule has 20 heavy (non-hydrogen) atoms. The largest absolute Gasteiger partial charge is 0.454 e. The Morgan fingerprint density at radius 1 is 1.20 bits per heavy atom. The molecule has 1 heterocycles. The summed E-state index contributed by atoms with van der Waals surface area (Å²) in [6.45, 7) is 6.71. The molecule has 0 aromatic heterocycles. The number of ether oxygens (including phenoxy) is 2. The van der Waals surface area contributed by atoms with Gasteiger partial charge in [0.1, 0.15) is 0 Å². The SMILES string of the molecule is CC(C)CCCC(C)NC(=O)c1ccc2c(c1)OCO2. The molecule has 0 spiro atoms. The third-order valence-corrected chi connectivity index (χ3v) is 3.43. The number of amides is 1. The van der Waals surface area contributed by atoms with Gasteiger partial charge in [0.25, 0.3) is 5.91 Å². The Kier molecular flexibility index (Phi) is 4.88. The molecule has 1 unspecified atom stereocenters. The summed E-state index contributed by atoms with van der Waals surface area (Å²) in [7, 11) is 0. The van der Waals surface area contributed by atoms with E-state index in [1.807, 2.05) is 6.92 Å². The summed E-state index contributed by atoms with van der Waals surface area (Å²) in [5.41, 5.74) is 0.616. The molecule has 0 aliphatic carbocycles. The van der Waals surface area contributed by atoms with Gasteiger partial charge in [-0.05, 0) is 37.5 Å². The first-order valence-corrected chi connectivity index (χ1v) is 7.26. The average molecular weight is 277 g/mol. The summed E-state index contributed by atoms with van der Waals surface area (Å²) >= 11 is 0. The van der Waals surface area contributed by atoms with Gasteiger partial charge < -0.3 is 14.8 Å². The average Bonchev–Trinajstić information content (AvgIpc) is 2.85. The number of nitrogens with one attached hydrogen (secondary N) is 1. The summed E-state index contributed by atoms with van der Waals surface area (Å²) in [6.07, 6.45) is 3.35. The summed E-state index contributed by atoms with van der Waals surface area (Å²) in [6, 6.07) is 5.47. The van der Waals surface area contributed by atoms with Crippen molar-refractivity contribution < 1.29 is 14.3 Å². The molecule has 4 nitrogen and oxygen atoms in total. The monoisotopic (exact) mass is 277 g/mol. The molecule has 1 amide bonds. The molecule has 1 atom stereocenters. The van der Waals surface area contributed by atoms with Crippen LogP contribution in [0, 0.1) is 5.92 Å². The Morgan fingerprint density at radius 2 is 1.95 bits per heavy atom. The van der Waals surface area contributed by atoms with Gasteiger partial charge in [-0.15, -0.1) is 0 Å². The number of hydrogen-bond donors (Lipinski definition) is 1. The third kappa shape index (κ3) is 3.89. The van der Waals surface area contributed by atoms with E-state index in [0.717, 1.165) is 12.8 Å². The van der Waals surface area contributed by atoms with E-state index in [1.54, 1.807) is 18.2 Å². The van der Waals surface area contributed by atoms with Crippen LogP contribution in [0.2, 0.25) is 0 Å². The minimum atomic E-state index is -0.0552. The molecule has 1 aliphatic rings. The Morgan fingerprint density at radius 3 is 2.70 bits per heavy atom. The summed E-state index contributed by atoms with van der Waals surface area (Å²) in [5, 5.41) is 3.03. The van der Waals surface area contributed by atoms with Crippen LogP contribution in [-0.2, 0) is 0 Å². The molecule has 1 N–H and O–H groups in total. The smallest absolute Gasteiger partial charge is 0.251 e. The van der Waals surface area contributed by atoms with Gasteiger partial charge in [0.2, 0.25) is 6.79 Å². The maximum atomic E-state index is 12.1. The van der Waals surface area contributed by atoms with Crippen molar-refractivity contribution in [1.29, 1.82) is 0 Å². The van der Waals surface area contributed by atoms with Crippen molar-refractivity contribution in [3.8, 4) is 11.5 Å². The number of carbonyl (C=O) groups excluding carboxylic acids is 1. The lowest BCUT2D eigenvalue weighted by atomic mass is 10.0. The van der Waals surface area contributed by atoms with Gasteiger partial charge in [0.15, 0.2) is 11.5 Å². The summed E-state index contributed by atoms with van der Waals surface area (Å²) in [5.74, 6) is 2.00. The Bertz CT molecular complexity index is 471. The zero-order chi connectivity index (χ0) is 14.5. The molecule has 2 rings (SSSR count). The third-order valence-electron chi connectivity index (χ3n) is 3.43. The fourth-order valence-corrected chi connectivity index (χ4v) is 2.25. The lowest BCUT2D eigenvalue weighted by Crippen LogP contribution is -2.32. The van der Waals surface area contributed by atoms with Crippen molar-refractivity contribution >= 4 is 5.91 Å². The lowest BCUT2D eigenvalue weighted by Gasteiger charge is -2.14. The molecule has 1 aliphatic heterocycles. The van der Waals surface area contributed by atoms with Crippen molar-refractivity contribution in [3.63, 3.8) is 0 Å². The van der Waals surface area contributed by atoms with Crippen molar-refractivity contribution in [2.75, 3.05) is 6.79 Å². The molecular formula is C16H23NO3. The van der Waals surface area contributed by atoms with Gasteiger partial charge in [0.05, 0.1) is 0 Å². The van der Waals surface area contributed by atoms with Crippen LogP contribution in [0.1, 0.15) is 50.4 Å². The second kappa shape index (κ2) is 6.64. The zero-order valence-corrected chi connectivity index (χ0v) is 12.4. The second-order valence-corrected chi connectivity index (χ2v) is 5.77. The molecule has 0 saturated carbocycles. The predicted molar refractivity (Wildman–Crippen MR) is 78.2 cm³/mol. The van der Waals surface area contributed by atoms with Crippen molar-refractivity contribution in [2.45, 2.75) is 46.1 Å². The first-order chi connectivity index (χ1) is 9.56. The van der Waals surface area contributed by atoms with E-state index in [0.29, 0.717) is 23.0 Å². The van der Waals surface area contributed by atoms with Gasteiger partial charge in [0, 0.05) is 11.6 Å². The van der Waals surface area contributed by atoms with Gasteiger partial charge in [-0.2, -0.15) is 0 Å². The highest BCUT2D eigenvalue weighted by atomic mass is 16.7. The van der Waals surface area contributed by atoms with Gasteiger partial charge in [-0.1, -0.05) is 26.7 Å². The van der Waals surface area contributed by atoms with Crippen LogP contribution in [0.25, 0.3) is 0 Å². The van der Waals surface area contributed by atoms with E-state index in [9.17, 15) is 4.79 Å². The highest BCUT2D eigenvalue weighted by Crippen LogP contribution is 2.32. The standard InChI is InChI=1S/C16H23NO3/c1-11(2)5-4-6-12(3)17-16(18)13-7-8-14-15(9-13)20-10-19-14/h7-9,11-12H,4-6,10H2,1-3H3,(H,17,18). The first-order valence-electron chi connectivity index (χ1n) is 7.26. The summed E-state index contributed by atoms with van der Waals surface area (Å²) < 4.78 is 10.5. The van der Waals surface area contributed by atoms with Crippen LogP contribution in [0.15, 0.2) is 18.2 Å². The maximum Gasteiger partial charge on any atom is 0.251 e. The second-order valence-electron chi connectivity index (χ2n) is 5.77. The predicted octanol–water partition coefficient (Wildman–Crippen LogP) is 3.36. The first kappa shape index (κ1) is 14.7. The molecule has 4 heteroatoms. The highest BCUT2D eigenvalue weighted by Gasteiger charge is 2.17. The van der Waals surface area contributed by atoms with E-state index in [4.69, 9.17) is 9.47 Å². The van der Waals surface area contributed by atoms with E-state index in [-0.39, 0.29) is 18.7 Å². The van der Waals surface area contributed by atoms with Crippen LogP contribution < -0.4 is 14.8 Å². The normalized spacial score (nSPS) is 14.4. The fraction of sp³-hybridized carbons (Fsp3) is 0.562. The molecular weight excluding hydrogens is 254 g/mol. The van der Waals surface area contributed by atoms with E-state index in [1.165, 1.54) is 6.42 Å². The Labute approximate surface area is 120 Å². The minimum Gasteiger partial charge on any atom is -0.454 e. The van der Waals surface area contributed by atoms with Crippen LogP contribution in [-0.4, -0.2) is 18.7 Å². The van der Waals surface area contributed by atoms with Crippen molar-refractivity contribution in [3.05, 3.63) is 23.8 Å². The van der Waals surface area contributed by atoms with E-state index >= 15 is 0 Å². The van der Waals surface area contributed by atoms with E-state index in [2.05, 4.69) is 19.2 Å². The van der Waals surface area contributed by atoms with Gasteiger partial charge in [-0.3, -0.25) is 4.79 Å². The molecule has 1 aromatic carbocycles. The zero-order valence-electron chi connectivity index (χ0n) is 12.4.